The lowest BCUT2D eigenvalue weighted by atomic mass is 9.93. The minimum absolute atomic E-state index is 0.0801. The smallest absolute Gasteiger partial charge is 0.238 e. The van der Waals surface area contributed by atoms with E-state index in [1.54, 1.807) is 0 Å². The standard InChI is InChI=1S/C17H24N2O/c1-2-13-8-10-14(11-9-13)17-18-12-16(20)19(17)15-6-4-3-5-7-15/h8-11,15,17-18H,2-7,12H2,1H3. The molecule has 2 aliphatic rings. The topological polar surface area (TPSA) is 32.3 Å². The van der Waals surface area contributed by atoms with Gasteiger partial charge in [0, 0.05) is 6.04 Å². The van der Waals surface area contributed by atoms with Crippen molar-refractivity contribution in [2.45, 2.75) is 57.7 Å². The van der Waals surface area contributed by atoms with E-state index in [4.69, 9.17) is 0 Å². The third-order valence-corrected chi connectivity index (χ3v) is 4.68. The average molecular weight is 272 g/mol. The first-order valence-electron chi connectivity index (χ1n) is 7.93. The number of carbonyl (C=O) groups excluding carboxylic acids is 1. The maximum absolute atomic E-state index is 12.2. The van der Waals surface area contributed by atoms with Crippen LogP contribution < -0.4 is 5.32 Å². The van der Waals surface area contributed by atoms with Crippen molar-refractivity contribution in [3.05, 3.63) is 35.4 Å². The van der Waals surface area contributed by atoms with Gasteiger partial charge in [0.05, 0.1) is 6.54 Å². The highest BCUT2D eigenvalue weighted by Gasteiger charge is 2.36. The Labute approximate surface area is 121 Å². The van der Waals surface area contributed by atoms with E-state index in [9.17, 15) is 4.79 Å². The van der Waals surface area contributed by atoms with Gasteiger partial charge in [-0.15, -0.1) is 0 Å². The number of hydrogen-bond donors (Lipinski definition) is 1. The van der Waals surface area contributed by atoms with Gasteiger partial charge in [0.1, 0.15) is 6.17 Å². The zero-order chi connectivity index (χ0) is 13.9. The first kappa shape index (κ1) is 13.6. The van der Waals surface area contributed by atoms with E-state index in [1.807, 2.05) is 0 Å². The second-order valence-corrected chi connectivity index (χ2v) is 5.97. The zero-order valence-corrected chi connectivity index (χ0v) is 12.3. The summed E-state index contributed by atoms with van der Waals surface area (Å²) < 4.78 is 0. The first-order chi connectivity index (χ1) is 9.79. The zero-order valence-electron chi connectivity index (χ0n) is 12.3. The summed E-state index contributed by atoms with van der Waals surface area (Å²) in [5.41, 5.74) is 2.57. The third-order valence-electron chi connectivity index (χ3n) is 4.68. The van der Waals surface area contributed by atoms with E-state index in [0.717, 1.165) is 19.3 Å². The molecule has 0 bridgehead atoms. The number of benzene rings is 1. The van der Waals surface area contributed by atoms with Gasteiger partial charge in [0.25, 0.3) is 0 Å². The normalized spacial score (nSPS) is 24.4. The van der Waals surface area contributed by atoms with Crippen molar-refractivity contribution in [1.29, 1.82) is 0 Å². The molecular weight excluding hydrogens is 248 g/mol. The molecule has 3 nitrogen and oxygen atoms in total. The number of carbonyl (C=O) groups is 1. The van der Waals surface area contributed by atoms with E-state index in [2.05, 4.69) is 41.4 Å². The van der Waals surface area contributed by atoms with E-state index in [1.165, 1.54) is 30.4 Å². The molecule has 1 heterocycles. The first-order valence-corrected chi connectivity index (χ1v) is 7.93. The molecule has 0 spiro atoms. The highest BCUT2D eigenvalue weighted by atomic mass is 16.2. The van der Waals surface area contributed by atoms with Crippen molar-refractivity contribution < 1.29 is 4.79 Å². The molecule has 1 saturated carbocycles. The molecule has 1 aliphatic carbocycles. The van der Waals surface area contributed by atoms with Gasteiger partial charge in [-0.2, -0.15) is 0 Å². The van der Waals surface area contributed by atoms with Crippen LogP contribution in [0.15, 0.2) is 24.3 Å². The third kappa shape index (κ3) is 2.59. The summed E-state index contributed by atoms with van der Waals surface area (Å²) in [5.74, 6) is 0.265. The van der Waals surface area contributed by atoms with Crippen LogP contribution in [0.2, 0.25) is 0 Å². The fourth-order valence-electron chi connectivity index (χ4n) is 3.51. The minimum atomic E-state index is 0.0801. The van der Waals surface area contributed by atoms with Gasteiger partial charge < -0.3 is 4.90 Å². The van der Waals surface area contributed by atoms with Crippen molar-refractivity contribution in [3.63, 3.8) is 0 Å². The Balaban J connectivity index is 1.80. The van der Waals surface area contributed by atoms with Gasteiger partial charge in [-0.1, -0.05) is 50.5 Å². The highest BCUT2D eigenvalue weighted by Crippen LogP contribution is 2.31. The summed E-state index contributed by atoms with van der Waals surface area (Å²) in [4.78, 5) is 14.4. The van der Waals surface area contributed by atoms with Gasteiger partial charge in [0.2, 0.25) is 5.91 Å². The molecule has 1 aromatic carbocycles. The lowest BCUT2D eigenvalue weighted by Gasteiger charge is -2.35. The number of rotatable bonds is 3. The van der Waals surface area contributed by atoms with Crippen molar-refractivity contribution in [3.8, 4) is 0 Å². The largest absolute Gasteiger partial charge is 0.319 e. The van der Waals surface area contributed by atoms with Crippen LogP contribution in [0.25, 0.3) is 0 Å². The highest BCUT2D eigenvalue weighted by molar-refractivity contribution is 5.81. The van der Waals surface area contributed by atoms with Crippen LogP contribution >= 0.6 is 0 Å². The fraction of sp³-hybridized carbons (Fsp3) is 0.588. The number of nitrogens with zero attached hydrogens (tertiary/aromatic N) is 1. The predicted molar refractivity (Wildman–Crippen MR) is 80.3 cm³/mol. The van der Waals surface area contributed by atoms with Crippen molar-refractivity contribution in [2.75, 3.05) is 6.54 Å². The number of hydrogen-bond acceptors (Lipinski definition) is 2. The van der Waals surface area contributed by atoms with E-state index < -0.39 is 0 Å². The molecule has 0 aromatic heterocycles. The minimum Gasteiger partial charge on any atom is -0.319 e. The van der Waals surface area contributed by atoms with E-state index in [-0.39, 0.29) is 12.1 Å². The van der Waals surface area contributed by atoms with Gasteiger partial charge >= 0.3 is 0 Å². The molecule has 3 heteroatoms. The molecule has 108 valence electrons. The SMILES string of the molecule is CCc1ccc(C2NCC(=O)N2C2CCCCC2)cc1. The quantitative estimate of drug-likeness (QED) is 0.917. The number of nitrogens with one attached hydrogen (secondary N) is 1. The van der Waals surface area contributed by atoms with Crippen LogP contribution in [0.1, 0.15) is 56.3 Å². The van der Waals surface area contributed by atoms with E-state index >= 15 is 0 Å². The summed E-state index contributed by atoms with van der Waals surface area (Å²) in [6.07, 6.45) is 7.31. The van der Waals surface area contributed by atoms with Crippen LogP contribution in [0.3, 0.4) is 0 Å². The Morgan fingerprint density at radius 3 is 2.50 bits per heavy atom. The fourth-order valence-corrected chi connectivity index (χ4v) is 3.51. The van der Waals surface area contributed by atoms with Crippen molar-refractivity contribution >= 4 is 5.91 Å². The molecule has 1 aliphatic heterocycles. The number of amides is 1. The summed E-state index contributed by atoms with van der Waals surface area (Å²) in [6.45, 7) is 2.65. The molecule has 2 fully saturated rings. The van der Waals surface area contributed by atoms with E-state index in [0.29, 0.717) is 12.6 Å². The molecule has 0 radical (unpaired) electrons. The maximum Gasteiger partial charge on any atom is 0.238 e. The molecule has 1 atom stereocenters. The average Bonchev–Trinajstić information content (AvgIpc) is 2.90. The summed E-state index contributed by atoms with van der Waals surface area (Å²) in [7, 11) is 0. The molecule has 1 aromatic rings. The molecule has 3 rings (SSSR count). The van der Waals surface area contributed by atoms with Crippen LogP contribution in [0, 0.1) is 0 Å². The van der Waals surface area contributed by atoms with Crippen LogP contribution in [0.5, 0.6) is 0 Å². The monoisotopic (exact) mass is 272 g/mol. The Kier molecular flexibility index (Phi) is 4.06. The van der Waals surface area contributed by atoms with Crippen LogP contribution in [-0.2, 0) is 11.2 Å². The van der Waals surface area contributed by atoms with Gasteiger partial charge in [-0.3, -0.25) is 10.1 Å². The molecule has 1 saturated heterocycles. The molecule has 20 heavy (non-hydrogen) atoms. The van der Waals surface area contributed by atoms with Gasteiger partial charge in [-0.25, -0.2) is 0 Å². The summed E-state index contributed by atoms with van der Waals surface area (Å²) >= 11 is 0. The number of aryl methyl sites for hydroxylation is 1. The Hall–Kier alpha value is -1.35. The van der Waals surface area contributed by atoms with Gasteiger partial charge in [0.15, 0.2) is 0 Å². The van der Waals surface area contributed by atoms with Crippen LogP contribution in [-0.4, -0.2) is 23.4 Å². The predicted octanol–water partition coefficient (Wildman–Crippen LogP) is 3.01. The van der Waals surface area contributed by atoms with Crippen LogP contribution in [0.4, 0.5) is 0 Å². The Bertz CT molecular complexity index is 462. The second kappa shape index (κ2) is 5.96. The molecular formula is C17H24N2O. The summed E-state index contributed by atoms with van der Waals surface area (Å²) in [5, 5.41) is 3.38. The Morgan fingerprint density at radius 1 is 1.15 bits per heavy atom. The molecule has 1 amide bonds. The summed E-state index contributed by atoms with van der Waals surface area (Å²) in [6, 6.07) is 9.13. The second-order valence-electron chi connectivity index (χ2n) is 5.97. The van der Waals surface area contributed by atoms with Crippen molar-refractivity contribution in [2.24, 2.45) is 0 Å². The van der Waals surface area contributed by atoms with Gasteiger partial charge in [-0.05, 0) is 30.4 Å². The Morgan fingerprint density at radius 2 is 1.85 bits per heavy atom. The maximum atomic E-state index is 12.2. The molecule has 1 unspecified atom stereocenters. The lowest BCUT2D eigenvalue weighted by molar-refractivity contribution is -0.131. The lowest BCUT2D eigenvalue weighted by Crippen LogP contribution is -2.40. The molecule has 1 N–H and O–H groups in total. The van der Waals surface area contributed by atoms with Crippen molar-refractivity contribution in [1.82, 2.24) is 10.2 Å².